The van der Waals surface area contributed by atoms with Crippen molar-refractivity contribution < 1.29 is 14.9 Å². The standard InChI is InChI=1S/C13H18ClNO3/c14-11-2-1-3-12(17)10(11)8-15-13(9-16)4-6-18-7-5-13/h1-3,15-17H,4-9H2. The van der Waals surface area contributed by atoms with Crippen molar-refractivity contribution in [2.45, 2.75) is 24.9 Å². The van der Waals surface area contributed by atoms with Gasteiger partial charge in [-0.1, -0.05) is 17.7 Å². The van der Waals surface area contributed by atoms with Crippen molar-refractivity contribution in [2.75, 3.05) is 19.8 Å². The van der Waals surface area contributed by atoms with E-state index in [0.717, 1.165) is 12.8 Å². The van der Waals surface area contributed by atoms with Gasteiger partial charge in [-0.3, -0.25) is 0 Å². The molecular formula is C13H18ClNO3. The molecule has 1 aromatic carbocycles. The maximum Gasteiger partial charge on any atom is 0.121 e. The molecule has 1 aliphatic heterocycles. The Morgan fingerprint density at radius 1 is 1.33 bits per heavy atom. The molecule has 1 fully saturated rings. The average molecular weight is 272 g/mol. The first-order valence-electron chi connectivity index (χ1n) is 6.07. The van der Waals surface area contributed by atoms with Gasteiger partial charge < -0.3 is 20.3 Å². The fourth-order valence-corrected chi connectivity index (χ4v) is 2.39. The van der Waals surface area contributed by atoms with E-state index in [1.54, 1.807) is 18.2 Å². The maximum absolute atomic E-state index is 9.77. The third-order valence-corrected chi connectivity index (χ3v) is 3.84. The summed E-state index contributed by atoms with van der Waals surface area (Å²) < 4.78 is 5.30. The van der Waals surface area contributed by atoms with Crippen LogP contribution in [0.4, 0.5) is 0 Å². The Balaban J connectivity index is 2.05. The molecule has 3 N–H and O–H groups in total. The number of aromatic hydroxyl groups is 1. The van der Waals surface area contributed by atoms with E-state index in [1.807, 2.05) is 0 Å². The third kappa shape index (κ3) is 2.95. The summed E-state index contributed by atoms with van der Waals surface area (Å²) >= 11 is 6.05. The van der Waals surface area contributed by atoms with Crippen molar-refractivity contribution >= 4 is 11.6 Å². The van der Waals surface area contributed by atoms with Gasteiger partial charge in [0.15, 0.2) is 0 Å². The van der Waals surface area contributed by atoms with E-state index in [0.29, 0.717) is 30.3 Å². The molecule has 0 amide bonds. The Kier molecular flexibility index (Phi) is 4.45. The topological polar surface area (TPSA) is 61.7 Å². The van der Waals surface area contributed by atoms with Crippen molar-refractivity contribution in [1.29, 1.82) is 0 Å². The molecular weight excluding hydrogens is 254 g/mol. The van der Waals surface area contributed by atoms with Crippen LogP contribution in [0.15, 0.2) is 18.2 Å². The first-order chi connectivity index (χ1) is 8.67. The molecule has 1 saturated heterocycles. The van der Waals surface area contributed by atoms with E-state index >= 15 is 0 Å². The Morgan fingerprint density at radius 3 is 2.67 bits per heavy atom. The van der Waals surface area contributed by atoms with Crippen LogP contribution in [0.1, 0.15) is 18.4 Å². The smallest absolute Gasteiger partial charge is 0.121 e. The van der Waals surface area contributed by atoms with E-state index in [4.69, 9.17) is 16.3 Å². The van der Waals surface area contributed by atoms with Gasteiger partial charge in [-0.15, -0.1) is 0 Å². The van der Waals surface area contributed by atoms with Crippen LogP contribution >= 0.6 is 11.6 Å². The minimum atomic E-state index is -0.330. The summed E-state index contributed by atoms with van der Waals surface area (Å²) in [6.45, 7) is 1.78. The summed E-state index contributed by atoms with van der Waals surface area (Å²) in [7, 11) is 0. The van der Waals surface area contributed by atoms with Gasteiger partial charge in [-0.05, 0) is 25.0 Å². The van der Waals surface area contributed by atoms with Crippen LogP contribution in [-0.4, -0.2) is 35.6 Å². The lowest BCUT2D eigenvalue weighted by atomic mass is 9.90. The second kappa shape index (κ2) is 5.89. The van der Waals surface area contributed by atoms with Crippen molar-refractivity contribution in [2.24, 2.45) is 0 Å². The lowest BCUT2D eigenvalue weighted by Crippen LogP contribution is -2.51. The van der Waals surface area contributed by atoms with Crippen molar-refractivity contribution in [3.63, 3.8) is 0 Å². The fraction of sp³-hybridized carbons (Fsp3) is 0.538. The summed E-state index contributed by atoms with van der Waals surface area (Å²) in [6.07, 6.45) is 1.52. The highest BCUT2D eigenvalue weighted by atomic mass is 35.5. The molecule has 1 heterocycles. The molecule has 5 heteroatoms. The molecule has 0 radical (unpaired) electrons. The molecule has 0 bridgehead atoms. The number of aliphatic hydroxyl groups excluding tert-OH is 1. The molecule has 0 spiro atoms. The highest BCUT2D eigenvalue weighted by Gasteiger charge is 2.31. The van der Waals surface area contributed by atoms with Crippen LogP contribution in [0.3, 0.4) is 0 Å². The number of nitrogens with one attached hydrogen (secondary N) is 1. The first-order valence-corrected chi connectivity index (χ1v) is 6.45. The van der Waals surface area contributed by atoms with Crippen LogP contribution in [0.25, 0.3) is 0 Å². The molecule has 2 rings (SSSR count). The van der Waals surface area contributed by atoms with Gasteiger partial charge in [0.1, 0.15) is 5.75 Å². The highest BCUT2D eigenvalue weighted by Crippen LogP contribution is 2.27. The molecule has 1 aromatic rings. The van der Waals surface area contributed by atoms with E-state index in [1.165, 1.54) is 0 Å². The number of hydrogen-bond donors (Lipinski definition) is 3. The maximum atomic E-state index is 9.77. The summed E-state index contributed by atoms with van der Waals surface area (Å²) in [5, 5.41) is 23.1. The molecule has 0 aliphatic carbocycles. The number of benzene rings is 1. The first kappa shape index (κ1) is 13.6. The van der Waals surface area contributed by atoms with Crippen molar-refractivity contribution in [1.82, 2.24) is 5.32 Å². The van der Waals surface area contributed by atoms with Crippen LogP contribution in [-0.2, 0) is 11.3 Å². The number of phenolic OH excluding ortho intramolecular Hbond substituents is 1. The minimum absolute atomic E-state index is 0.0571. The molecule has 0 saturated carbocycles. The zero-order chi connectivity index (χ0) is 13.0. The lowest BCUT2D eigenvalue weighted by molar-refractivity contribution is 0.0111. The number of aliphatic hydroxyl groups is 1. The number of ether oxygens (including phenoxy) is 1. The quantitative estimate of drug-likeness (QED) is 0.780. The second-order valence-corrected chi connectivity index (χ2v) is 5.05. The molecule has 0 aromatic heterocycles. The van der Waals surface area contributed by atoms with E-state index in [9.17, 15) is 10.2 Å². The van der Waals surface area contributed by atoms with Gasteiger partial charge in [-0.25, -0.2) is 0 Å². The number of halogens is 1. The lowest BCUT2D eigenvalue weighted by Gasteiger charge is -2.36. The Hall–Kier alpha value is -0.810. The molecule has 0 unspecified atom stereocenters. The molecule has 100 valence electrons. The molecule has 0 atom stereocenters. The highest BCUT2D eigenvalue weighted by molar-refractivity contribution is 6.31. The number of hydrogen-bond acceptors (Lipinski definition) is 4. The summed E-state index contributed by atoms with van der Waals surface area (Å²) in [6, 6.07) is 5.06. The van der Waals surface area contributed by atoms with Gasteiger partial charge in [0.2, 0.25) is 0 Å². The van der Waals surface area contributed by atoms with Crippen molar-refractivity contribution in [3.05, 3.63) is 28.8 Å². The predicted molar refractivity (Wildman–Crippen MR) is 69.8 cm³/mol. The predicted octanol–water partition coefficient (Wildman–Crippen LogP) is 1.68. The fourth-order valence-electron chi connectivity index (χ4n) is 2.15. The Morgan fingerprint density at radius 2 is 2.06 bits per heavy atom. The Bertz CT molecular complexity index is 385. The monoisotopic (exact) mass is 271 g/mol. The van der Waals surface area contributed by atoms with E-state index < -0.39 is 0 Å². The average Bonchev–Trinajstić information content (AvgIpc) is 2.39. The third-order valence-electron chi connectivity index (χ3n) is 3.49. The van der Waals surface area contributed by atoms with Gasteiger partial charge >= 0.3 is 0 Å². The summed E-state index contributed by atoms with van der Waals surface area (Å²) in [4.78, 5) is 0. The summed E-state index contributed by atoms with van der Waals surface area (Å²) in [5.41, 5.74) is 0.336. The van der Waals surface area contributed by atoms with Crippen LogP contribution < -0.4 is 5.32 Å². The Labute approximate surface area is 112 Å². The van der Waals surface area contributed by atoms with Crippen molar-refractivity contribution in [3.8, 4) is 5.75 Å². The van der Waals surface area contributed by atoms with Gasteiger partial charge in [0.05, 0.1) is 6.61 Å². The molecule has 4 nitrogen and oxygen atoms in total. The number of phenols is 1. The SMILES string of the molecule is OCC1(NCc2c(O)cccc2Cl)CCOCC1. The zero-order valence-corrected chi connectivity index (χ0v) is 10.9. The second-order valence-electron chi connectivity index (χ2n) is 4.64. The molecule has 1 aliphatic rings. The summed E-state index contributed by atoms with van der Waals surface area (Å²) in [5.74, 6) is 0.176. The van der Waals surface area contributed by atoms with Crippen LogP contribution in [0, 0.1) is 0 Å². The molecule has 18 heavy (non-hydrogen) atoms. The van der Waals surface area contributed by atoms with E-state index in [-0.39, 0.29) is 17.9 Å². The zero-order valence-electron chi connectivity index (χ0n) is 10.2. The number of rotatable bonds is 4. The van der Waals surface area contributed by atoms with Crippen LogP contribution in [0.2, 0.25) is 5.02 Å². The minimum Gasteiger partial charge on any atom is -0.508 e. The van der Waals surface area contributed by atoms with Crippen LogP contribution in [0.5, 0.6) is 5.75 Å². The van der Waals surface area contributed by atoms with Gasteiger partial charge in [0.25, 0.3) is 0 Å². The van der Waals surface area contributed by atoms with Gasteiger partial charge in [-0.2, -0.15) is 0 Å². The van der Waals surface area contributed by atoms with Gasteiger partial charge in [0, 0.05) is 35.9 Å². The normalized spacial score (nSPS) is 18.8. The van der Waals surface area contributed by atoms with E-state index in [2.05, 4.69) is 5.32 Å². The largest absolute Gasteiger partial charge is 0.508 e.